The Morgan fingerprint density at radius 3 is 2.47 bits per heavy atom. The number of hydrogen-bond donors (Lipinski definition) is 1. The SMILES string of the molecule is CCC1CCC(N(C)c2nc(C)c(C(C)N)s2)CC1. The quantitative estimate of drug-likeness (QED) is 0.910. The summed E-state index contributed by atoms with van der Waals surface area (Å²) in [6.07, 6.45) is 6.69. The molecule has 1 saturated carbocycles. The molecule has 1 fully saturated rings. The Morgan fingerprint density at radius 1 is 1.37 bits per heavy atom. The van der Waals surface area contributed by atoms with Gasteiger partial charge in [0.05, 0.1) is 5.69 Å². The van der Waals surface area contributed by atoms with Crippen LogP contribution in [-0.2, 0) is 0 Å². The summed E-state index contributed by atoms with van der Waals surface area (Å²) in [5, 5.41) is 1.14. The van der Waals surface area contributed by atoms with E-state index in [1.165, 1.54) is 37.0 Å². The maximum atomic E-state index is 5.99. The first kappa shape index (κ1) is 14.8. The molecule has 2 rings (SSSR count). The van der Waals surface area contributed by atoms with Crippen molar-refractivity contribution in [2.45, 2.75) is 65.0 Å². The Balaban J connectivity index is 2.04. The van der Waals surface area contributed by atoms with Crippen LogP contribution in [0.1, 0.15) is 62.6 Å². The van der Waals surface area contributed by atoms with E-state index in [0.29, 0.717) is 6.04 Å². The third-order valence-electron chi connectivity index (χ3n) is 4.48. The summed E-state index contributed by atoms with van der Waals surface area (Å²) in [4.78, 5) is 8.32. The molecule has 3 nitrogen and oxygen atoms in total. The van der Waals surface area contributed by atoms with Crippen LogP contribution in [0.25, 0.3) is 0 Å². The van der Waals surface area contributed by atoms with Crippen LogP contribution in [0.3, 0.4) is 0 Å². The standard InChI is InChI=1S/C15H27N3S/c1-5-12-6-8-13(9-7-12)18(4)15-17-11(3)14(19-15)10(2)16/h10,12-13H,5-9,16H2,1-4H3. The second kappa shape index (κ2) is 6.23. The Bertz CT molecular complexity index is 406. The van der Waals surface area contributed by atoms with Gasteiger partial charge in [-0.1, -0.05) is 13.3 Å². The maximum absolute atomic E-state index is 5.99. The zero-order chi connectivity index (χ0) is 14.0. The number of nitrogens with zero attached hydrogens (tertiary/aromatic N) is 2. The van der Waals surface area contributed by atoms with E-state index in [1.54, 1.807) is 11.3 Å². The number of aromatic nitrogens is 1. The fourth-order valence-electron chi connectivity index (χ4n) is 3.06. The molecule has 0 saturated heterocycles. The van der Waals surface area contributed by atoms with Crippen molar-refractivity contribution in [2.75, 3.05) is 11.9 Å². The van der Waals surface area contributed by atoms with E-state index in [1.807, 2.05) is 6.92 Å². The lowest BCUT2D eigenvalue weighted by Crippen LogP contribution is -2.35. The van der Waals surface area contributed by atoms with E-state index in [4.69, 9.17) is 10.7 Å². The van der Waals surface area contributed by atoms with Crippen LogP contribution in [0.15, 0.2) is 0 Å². The molecule has 1 unspecified atom stereocenters. The average Bonchev–Trinajstić information content (AvgIpc) is 2.80. The number of nitrogens with two attached hydrogens (primary N) is 1. The van der Waals surface area contributed by atoms with Gasteiger partial charge in [-0.3, -0.25) is 0 Å². The first-order valence-electron chi connectivity index (χ1n) is 7.48. The average molecular weight is 281 g/mol. The van der Waals surface area contributed by atoms with Gasteiger partial charge >= 0.3 is 0 Å². The highest BCUT2D eigenvalue weighted by Gasteiger charge is 2.25. The Hall–Kier alpha value is -0.610. The van der Waals surface area contributed by atoms with Crippen molar-refractivity contribution < 1.29 is 0 Å². The second-order valence-electron chi connectivity index (χ2n) is 5.93. The molecule has 1 aliphatic rings. The Morgan fingerprint density at radius 2 is 2.00 bits per heavy atom. The molecule has 0 spiro atoms. The molecule has 1 aromatic heterocycles. The van der Waals surface area contributed by atoms with Gasteiger partial charge in [0.25, 0.3) is 0 Å². The summed E-state index contributed by atoms with van der Waals surface area (Å²) in [7, 11) is 2.19. The first-order chi connectivity index (χ1) is 9.02. The number of hydrogen-bond acceptors (Lipinski definition) is 4. The smallest absolute Gasteiger partial charge is 0.185 e. The minimum absolute atomic E-state index is 0.0930. The lowest BCUT2D eigenvalue weighted by Gasteiger charge is -2.34. The molecule has 0 radical (unpaired) electrons. The lowest BCUT2D eigenvalue weighted by atomic mass is 9.84. The predicted molar refractivity (Wildman–Crippen MR) is 83.9 cm³/mol. The van der Waals surface area contributed by atoms with Gasteiger partial charge in [0.1, 0.15) is 0 Å². The van der Waals surface area contributed by atoms with Crippen molar-refractivity contribution in [3.8, 4) is 0 Å². The zero-order valence-electron chi connectivity index (χ0n) is 12.6. The molecular formula is C15H27N3S. The Labute approximate surface area is 121 Å². The summed E-state index contributed by atoms with van der Waals surface area (Å²) >= 11 is 1.77. The van der Waals surface area contributed by atoms with Crippen molar-refractivity contribution in [2.24, 2.45) is 11.7 Å². The van der Waals surface area contributed by atoms with Gasteiger partial charge in [-0.25, -0.2) is 4.98 Å². The van der Waals surface area contributed by atoms with Gasteiger partial charge in [-0.15, -0.1) is 11.3 Å². The fraction of sp³-hybridized carbons (Fsp3) is 0.800. The summed E-state index contributed by atoms with van der Waals surface area (Å²) in [6.45, 7) is 6.42. The molecule has 1 heterocycles. The minimum Gasteiger partial charge on any atom is -0.348 e. The van der Waals surface area contributed by atoms with Crippen molar-refractivity contribution in [3.63, 3.8) is 0 Å². The molecule has 19 heavy (non-hydrogen) atoms. The molecule has 1 aliphatic carbocycles. The maximum Gasteiger partial charge on any atom is 0.185 e. The highest BCUT2D eigenvalue weighted by molar-refractivity contribution is 7.15. The molecule has 0 aromatic carbocycles. The van der Waals surface area contributed by atoms with Crippen molar-refractivity contribution in [1.82, 2.24) is 4.98 Å². The van der Waals surface area contributed by atoms with Crippen LogP contribution in [0.2, 0.25) is 0 Å². The molecule has 4 heteroatoms. The van der Waals surface area contributed by atoms with Crippen molar-refractivity contribution in [1.29, 1.82) is 0 Å². The minimum atomic E-state index is 0.0930. The van der Waals surface area contributed by atoms with Gasteiger partial charge in [0.2, 0.25) is 0 Å². The predicted octanol–water partition coefficient (Wildman–Crippen LogP) is 3.88. The third kappa shape index (κ3) is 3.29. The molecular weight excluding hydrogens is 254 g/mol. The molecule has 1 atom stereocenters. The van der Waals surface area contributed by atoms with E-state index >= 15 is 0 Å². The summed E-state index contributed by atoms with van der Waals surface area (Å²) in [5.74, 6) is 0.947. The summed E-state index contributed by atoms with van der Waals surface area (Å²) < 4.78 is 0. The number of aryl methyl sites for hydroxylation is 1. The number of anilines is 1. The van der Waals surface area contributed by atoms with Gasteiger partial charge in [0, 0.05) is 24.0 Å². The van der Waals surface area contributed by atoms with Gasteiger partial charge in [-0.2, -0.15) is 0 Å². The van der Waals surface area contributed by atoms with Crippen LogP contribution in [0.4, 0.5) is 5.13 Å². The van der Waals surface area contributed by atoms with Crippen LogP contribution in [0, 0.1) is 12.8 Å². The molecule has 0 aliphatic heterocycles. The molecule has 0 amide bonds. The van der Waals surface area contributed by atoms with E-state index in [9.17, 15) is 0 Å². The van der Waals surface area contributed by atoms with Crippen LogP contribution in [0.5, 0.6) is 0 Å². The second-order valence-corrected chi connectivity index (χ2v) is 6.94. The van der Waals surface area contributed by atoms with Crippen molar-refractivity contribution in [3.05, 3.63) is 10.6 Å². The Kier molecular flexibility index (Phi) is 4.85. The number of thiazole rings is 1. The molecule has 0 bridgehead atoms. The van der Waals surface area contributed by atoms with Gasteiger partial charge < -0.3 is 10.6 Å². The van der Waals surface area contributed by atoms with E-state index < -0.39 is 0 Å². The van der Waals surface area contributed by atoms with Crippen molar-refractivity contribution >= 4 is 16.5 Å². The van der Waals surface area contributed by atoms with E-state index in [0.717, 1.165) is 16.7 Å². The van der Waals surface area contributed by atoms with E-state index in [2.05, 4.69) is 25.8 Å². The van der Waals surface area contributed by atoms with Crippen LogP contribution >= 0.6 is 11.3 Å². The van der Waals surface area contributed by atoms with Gasteiger partial charge in [0.15, 0.2) is 5.13 Å². The first-order valence-corrected chi connectivity index (χ1v) is 8.30. The summed E-state index contributed by atoms with van der Waals surface area (Å²) in [6, 6.07) is 0.754. The van der Waals surface area contributed by atoms with Gasteiger partial charge in [-0.05, 0) is 45.4 Å². The fourth-order valence-corrected chi connectivity index (χ4v) is 4.12. The highest BCUT2D eigenvalue weighted by atomic mass is 32.1. The third-order valence-corrected chi connectivity index (χ3v) is 5.93. The monoisotopic (exact) mass is 281 g/mol. The molecule has 108 valence electrons. The summed E-state index contributed by atoms with van der Waals surface area (Å²) in [5.41, 5.74) is 7.10. The molecule has 2 N–H and O–H groups in total. The molecule has 1 aromatic rings. The zero-order valence-corrected chi connectivity index (χ0v) is 13.5. The van der Waals surface area contributed by atoms with Crippen LogP contribution < -0.4 is 10.6 Å². The number of rotatable bonds is 4. The normalized spacial score (nSPS) is 25.3. The largest absolute Gasteiger partial charge is 0.348 e. The van der Waals surface area contributed by atoms with Crippen LogP contribution in [-0.4, -0.2) is 18.1 Å². The topological polar surface area (TPSA) is 42.2 Å². The lowest BCUT2D eigenvalue weighted by molar-refractivity contribution is 0.313. The van der Waals surface area contributed by atoms with E-state index in [-0.39, 0.29) is 6.04 Å². The highest BCUT2D eigenvalue weighted by Crippen LogP contribution is 2.34.